The van der Waals surface area contributed by atoms with Crippen LogP contribution < -0.4 is 0 Å². The lowest BCUT2D eigenvalue weighted by molar-refractivity contribution is 0.0741. The van der Waals surface area contributed by atoms with Crippen molar-refractivity contribution in [1.82, 2.24) is 4.90 Å². The quantitative estimate of drug-likeness (QED) is 0.613. The Morgan fingerprint density at radius 2 is 1.72 bits per heavy atom. The first-order valence-electron chi connectivity index (χ1n) is 6.43. The number of carbonyl (C=O) groups excluding carboxylic acids is 1. The van der Waals surface area contributed by atoms with Gasteiger partial charge in [0, 0.05) is 21.1 Å². The largest absolute Gasteiger partial charge is 0.339 e. The third-order valence-corrected chi connectivity index (χ3v) is 4.74. The molecule has 0 aliphatic carbocycles. The van der Waals surface area contributed by atoms with Crippen LogP contribution in [-0.2, 0) is 0 Å². The first-order chi connectivity index (χ1) is 8.68. The molecule has 0 saturated carbocycles. The number of halogens is 2. The van der Waals surface area contributed by atoms with E-state index >= 15 is 0 Å². The normalized spacial score (nSPS) is 17.1. The van der Waals surface area contributed by atoms with E-state index in [2.05, 4.69) is 38.5 Å². The summed E-state index contributed by atoms with van der Waals surface area (Å²) in [6, 6.07) is 5.90. The van der Waals surface area contributed by atoms with Gasteiger partial charge in [-0.2, -0.15) is 0 Å². The number of benzene rings is 1. The van der Waals surface area contributed by atoms with Gasteiger partial charge in [0.15, 0.2) is 0 Å². The Hall–Kier alpha value is -0.100. The summed E-state index contributed by atoms with van der Waals surface area (Å²) >= 11 is 5.68. The molecule has 1 aliphatic rings. The fourth-order valence-electron chi connectivity index (χ4n) is 2.28. The lowest BCUT2D eigenvalue weighted by Crippen LogP contribution is -2.34. The molecule has 1 aromatic rings. The van der Waals surface area contributed by atoms with Crippen molar-refractivity contribution < 1.29 is 4.79 Å². The predicted molar refractivity (Wildman–Crippen MR) is 85.8 cm³/mol. The number of hydrogen-bond acceptors (Lipinski definition) is 1. The van der Waals surface area contributed by atoms with Crippen molar-refractivity contribution in [2.75, 3.05) is 13.1 Å². The summed E-state index contributed by atoms with van der Waals surface area (Å²) in [7, 11) is 0. The average molecular weight is 422 g/mol. The van der Waals surface area contributed by atoms with Crippen molar-refractivity contribution >= 4 is 44.4 Å². The van der Waals surface area contributed by atoms with Gasteiger partial charge in [0.1, 0.15) is 0 Å². The van der Waals surface area contributed by atoms with Gasteiger partial charge in [-0.3, -0.25) is 4.79 Å². The monoisotopic (exact) mass is 421 g/mol. The topological polar surface area (TPSA) is 20.3 Å². The second-order valence-electron chi connectivity index (χ2n) is 4.68. The van der Waals surface area contributed by atoms with E-state index in [1.54, 1.807) is 0 Å². The maximum Gasteiger partial charge on any atom is 0.254 e. The molecule has 98 valence electrons. The first kappa shape index (κ1) is 14.3. The Kier molecular flexibility index (Phi) is 5.48. The van der Waals surface area contributed by atoms with Crippen LogP contribution in [0.25, 0.3) is 0 Å². The maximum absolute atomic E-state index is 12.5. The highest BCUT2D eigenvalue weighted by Crippen LogP contribution is 2.21. The van der Waals surface area contributed by atoms with E-state index < -0.39 is 0 Å². The minimum absolute atomic E-state index is 0.183. The zero-order chi connectivity index (χ0) is 13.0. The lowest BCUT2D eigenvalue weighted by atomic mass is 10.1. The minimum atomic E-state index is 0.183. The SMILES string of the molecule is O=C(c1cc(Br)ccc1I)N1CCCCCCC1. The summed E-state index contributed by atoms with van der Waals surface area (Å²) < 4.78 is 2.00. The molecule has 0 spiro atoms. The van der Waals surface area contributed by atoms with Gasteiger partial charge in [-0.05, 0) is 53.6 Å². The number of rotatable bonds is 1. The third kappa shape index (κ3) is 3.70. The lowest BCUT2D eigenvalue weighted by Gasteiger charge is -2.25. The zero-order valence-electron chi connectivity index (χ0n) is 10.3. The Bertz CT molecular complexity index is 428. The van der Waals surface area contributed by atoms with Gasteiger partial charge in [0.25, 0.3) is 5.91 Å². The van der Waals surface area contributed by atoms with E-state index in [-0.39, 0.29) is 5.91 Å². The van der Waals surface area contributed by atoms with E-state index in [1.807, 2.05) is 23.1 Å². The molecule has 0 atom stereocenters. The standard InChI is InChI=1S/C14H17BrINO/c15-11-6-7-13(16)12(10-11)14(18)17-8-4-2-1-3-5-9-17/h6-7,10H,1-5,8-9H2. The number of amides is 1. The smallest absolute Gasteiger partial charge is 0.254 e. The molecule has 18 heavy (non-hydrogen) atoms. The van der Waals surface area contributed by atoms with E-state index in [0.29, 0.717) is 0 Å². The molecule has 1 heterocycles. The number of nitrogens with zero attached hydrogens (tertiary/aromatic N) is 1. The maximum atomic E-state index is 12.5. The minimum Gasteiger partial charge on any atom is -0.339 e. The van der Waals surface area contributed by atoms with Crippen LogP contribution in [0.2, 0.25) is 0 Å². The Morgan fingerprint density at radius 1 is 1.11 bits per heavy atom. The molecular formula is C14H17BrINO. The molecule has 2 nitrogen and oxygen atoms in total. The van der Waals surface area contributed by atoms with Crippen molar-refractivity contribution in [3.8, 4) is 0 Å². The van der Waals surface area contributed by atoms with Gasteiger partial charge in [-0.15, -0.1) is 0 Å². The zero-order valence-corrected chi connectivity index (χ0v) is 14.0. The summed E-state index contributed by atoms with van der Waals surface area (Å²) in [5, 5.41) is 0. The average Bonchev–Trinajstić information content (AvgIpc) is 2.31. The van der Waals surface area contributed by atoms with E-state index in [1.165, 1.54) is 19.3 Å². The number of likely N-dealkylation sites (tertiary alicyclic amines) is 1. The Balaban J connectivity index is 2.15. The highest BCUT2D eigenvalue weighted by molar-refractivity contribution is 14.1. The fourth-order valence-corrected chi connectivity index (χ4v) is 3.21. The molecule has 1 aliphatic heterocycles. The van der Waals surface area contributed by atoms with Crippen molar-refractivity contribution in [3.63, 3.8) is 0 Å². The Labute approximate surface area is 130 Å². The van der Waals surface area contributed by atoms with Gasteiger partial charge in [0.2, 0.25) is 0 Å². The van der Waals surface area contributed by atoms with Crippen molar-refractivity contribution in [2.24, 2.45) is 0 Å². The van der Waals surface area contributed by atoms with Crippen LogP contribution >= 0.6 is 38.5 Å². The van der Waals surface area contributed by atoms with Gasteiger partial charge >= 0.3 is 0 Å². The molecule has 0 N–H and O–H groups in total. The van der Waals surface area contributed by atoms with E-state index in [9.17, 15) is 4.79 Å². The molecule has 1 fully saturated rings. The second kappa shape index (κ2) is 6.89. The van der Waals surface area contributed by atoms with E-state index in [0.717, 1.165) is 39.5 Å². The molecular weight excluding hydrogens is 405 g/mol. The summed E-state index contributed by atoms with van der Waals surface area (Å²) in [6.45, 7) is 1.81. The molecule has 2 rings (SSSR count). The molecule has 1 aromatic carbocycles. The summed E-state index contributed by atoms with van der Waals surface area (Å²) in [5.74, 6) is 0.183. The molecule has 0 radical (unpaired) electrons. The van der Waals surface area contributed by atoms with Gasteiger partial charge in [-0.25, -0.2) is 0 Å². The van der Waals surface area contributed by atoms with Crippen LogP contribution in [0.5, 0.6) is 0 Å². The predicted octanol–water partition coefficient (Wildman–Crippen LogP) is 4.46. The summed E-state index contributed by atoms with van der Waals surface area (Å²) in [6.07, 6.45) is 6.09. The van der Waals surface area contributed by atoms with Crippen LogP contribution in [0.3, 0.4) is 0 Å². The van der Waals surface area contributed by atoms with Gasteiger partial charge < -0.3 is 4.90 Å². The third-order valence-electron chi connectivity index (χ3n) is 3.30. The second-order valence-corrected chi connectivity index (χ2v) is 6.76. The van der Waals surface area contributed by atoms with Crippen molar-refractivity contribution in [1.29, 1.82) is 0 Å². The molecule has 0 unspecified atom stereocenters. The first-order valence-corrected chi connectivity index (χ1v) is 8.30. The van der Waals surface area contributed by atoms with Gasteiger partial charge in [-0.1, -0.05) is 35.2 Å². The molecule has 1 amide bonds. The molecule has 0 bridgehead atoms. The van der Waals surface area contributed by atoms with Crippen LogP contribution in [0.15, 0.2) is 22.7 Å². The van der Waals surface area contributed by atoms with Crippen LogP contribution in [0, 0.1) is 3.57 Å². The summed E-state index contributed by atoms with van der Waals surface area (Å²) in [4.78, 5) is 14.6. The fraction of sp³-hybridized carbons (Fsp3) is 0.500. The van der Waals surface area contributed by atoms with Gasteiger partial charge in [0.05, 0.1) is 5.56 Å². The Morgan fingerprint density at radius 3 is 2.39 bits per heavy atom. The number of carbonyl (C=O) groups is 1. The van der Waals surface area contributed by atoms with Crippen LogP contribution in [-0.4, -0.2) is 23.9 Å². The number of hydrogen-bond donors (Lipinski definition) is 0. The molecule has 0 aromatic heterocycles. The van der Waals surface area contributed by atoms with E-state index in [4.69, 9.17) is 0 Å². The highest BCUT2D eigenvalue weighted by Gasteiger charge is 2.18. The van der Waals surface area contributed by atoms with Crippen LogP contribution in [0.4, 0.5) is 0 Å². The molecule has 1 saturated heterocycles. The van der Waals surface area contributed by atoms with Crippen molar-refractivity contribution in [2.45, 2.75) is 32.1 Å². The summed E-state index contributed by atoms with van der Waals surface area (Å²) in [5.41, 5.74) is 0.825. The molecule has 4 heteroatoms. The van der Waals surface area contributed by atoms with Crippen molar-refractivity contribution in [3.05, 3.63) is 31.8 Å². The van der Waals surface area contributed by atoms with Crippen LogP contribution in [0.1, 0.15) is 42.5 Å². The highest BCUT2D eigenvalue weighted by atomic mass is 127.